The first kappa shape index (κ1) is 33.9. The lowest BCUT2D eigenvalue weighted by Crippen LogP contribution is -2.37. The van der Waals surface area contributed by atoms with Gasteiger partial charge in [-0.05, 0) is 31.1 Å². The number of nitro groups is 1. The Balaban J connectivity index is 1.82. The van der Waals surface area contributed by atoms with Crippen molar-refractivity contribution >= 4 is 71.9 Å². The van der Waals surface area contributed by atoms with Crippen LogP contribution in [0.15, 0.2) is 48.2 Å². The number of hydrogen-bond donors (Lipinski definition) is 2. The van der Waals surface area contributed by atoms with Crippen LogP contribution in [0.3, 0.4) is 0 Å². The van der Waals surface area contributed by atoms with Crippen LogP contribution in [-0.4, -0.2) is 53.5 Å². The minimum atomic E-state index is -4.19. The Bertz CT molecular complexity index is 1900. The molecule has 0 saturated heterocycles. The summed E-state index contributed by atoms with van der Waals surface area (Å²) < 4.78 is 68.1. The smallest absolute Gasteiger partial charge is 0.282 e. The van der Waals surface area contributed by atoms with Gasteiger partial charge in [0.15, 0.2) is 11.0 Å². The number of rotatable bonds is 12. The van der Waals surface area contributed by atoms with Gasteiger partial charge in [0.1, 0.15) is 0 Å². The highest BCUT2D eigenvalue weighted by Crippen LogP contribution is 2.49. The summed E-state index contributed by atoms with van der Waals surface area (Å²) >= 11 is 12.7. The zero-order valence-corrected chi connectivity index (χ0v) is 27.4. The molecule has 2 heterocycles. The van der Waals surface area contributed by atoms with E-state index in [2.05, 4.69) is 0 Å². The molecule has 1 aromatic heterocycles. The van der Waals surface area contributed by atoms with Crippen LogP contribution in [0.5, 0.6) is 0 Å². The van der Waals surface area contributed by atoms with Crippen molar-refractivity contribution in [2.24, 2.45) is 0 Å². The van der Waals surface area contributed by atoms with Crippen LogP contribution in [-0.2, 0) is 38.7 Å². The summed E-state index contributed by atoms with van der Waals surface area (Å²) in [5, 5.41) is 12.2. The van der Waals surface area contributed by atoms with E-state index in [0.717, 1.165) is 16.7 Å². The summed E-state index contributed by atoms with van der Waals surface area (Å²) in [5.74, 6) is -0.166. The molecule has 0 spiro atoms. The molecule has 0 bridgehead atoms. The quantitative estimate of drug-likeness (QED) is 0.110. The fourth-order valence-electron chi connectivity index (χ4n) is 5.65. The maximum Gasteiger partial charge on any atom is 0.282 e. The predicted octanol–water partition coefficient (Wildman–Crippen LogP) is 5.41. The number of imidazole rings is 1. The molecule has 1 aliphatic rings. The van der Waals surface area contributed by atoms with Crippen molar-refractivity contribution in [3.05, 3.63) is 79.7 Å². The number of aryl methyl sites for hydroxylation is 2. The monoisotopic (exact) mass is 687 g/mol. The van der Waals surface area contributed by atoms with E-state index < -0.39 is 42.1 Å². The second-order valence-corrected chi connectivity index (χ2v) is 14.9. The first-order chi connectivity index (χ1) is 20.4. The summed E-state index contributed by atoms with van der Waals surface area (Å²) in [5.41, 5.74) is 2.87. The molecular formula is C28H33Cl2N4O8S2+. The Hall–Kier alpha value is -3.01. The molecule has 0 aliphatic carbocycles. The molecule has 44 heavy (non-hydrogen) atoms. The lowest BCUT2D eigenvalue weighted by molar-refractivity contribution is -0.673. The lowest BCUT2D eigenvalue weighted by Gasteiger charge is -2.26. The number of nitrogens with zero attached hydrogens (tertiary/aromatic N) is 4. The summed E-state index contributed by atoms with van der Waals surface area (Å²) in [7, 11) is -8.35. The van der Waals surface area contributed by atoms with Gasteiger partial charge >= 0.3 is 0 Å². The number of fused-ring (bicyclic) bond motifs is 2. The van der Waals surface area contributed by atoms with Gasteiger partial charge in [-0.25, -0.2) is 9.13 Å². The van der Waals surface area contributed by atoms with E-state index in [0.29, 0.717) is 33.7 Å². The van der Waals surface area contributed by atoms with Gasteiger partial charge in [-0.1, -0.05) is 43.1 Å². The van der Waals surface area contributed by atoms with Crippen molar-refractivity contribution in [3.63, 3.8) is 0 Å². The molecule has 0 atom stereocenters. The second kappa shape index (κ2) is 12.8. The number of allylic oxidation sites excluding steroid dienone is 3. The molecular weight excluding hydrogens is 655 g/mol. The van der Waals surface area contributed by atoms with E-state index >= 15 is 0 Å². The molecule has 0 saturated carbocycles. The average molecular weight is 689 g/mol. The average Bonchev–Trinajstić information content (AvgIpc) is 3.30. The van der Waals surface area contributed by atoms with Gasteiger partial charge in [0.25, 0.3) is 31.7 Å². The largest absolute Gasteiger partial charge is 0.344 e. The number of nitro benzene ring substituents is 1. The van der Waals surface area contributed by atoms with E-state index in [1.54, 1.807) is 24.3 Å². The standard InChI is InChI=1S/C28H32Cl2N4O8S2/c1-4-31-24-17-21(29)22(30)18-25(24)33(13-7-15-44(40,41)42)27(31)9-5-8-26-28(2,3)20-16-19(34(35)36)10-11-23(20)32(26)12-6-14-43(37,38)39/h5,8-11,16-18H,4,6-7,12-15H2,1-3H3,(H-,37,38,39,40,41,42)/p+1. The second-order valence-electron chi connectivity index (χ2n) is 10.9. The molecule has 1 aliphatic heterocycles. The topological polar surface area (TPSA) is 164 Å². The number of aromatic nitrogens is 2. The van der Waals surface area contributed by atoms with E-state index in [9.17, 15) is 36.1 Å². The van der Waals surface area contributed by atoms with Crippen molar-refractivity contribution in [1.29, 1.82) is 0 Å². The molecule has 2 N–H and O–H groups in total. The number of anilines is 1. The van der Waals surface area contributed by atoms with Gasteiger partial charge in [-0.2, -0.15) is 16.8 Å². The zero-order valence-electron chi connectivity index (χ0n) is 24.3. The Morgan fingerprint density at radius 2 is 1.66 bits per heavy atom. The molecule has 12 nitrogen and oxygen atoms in total. The predicted molar refractivity (Wildman–Crippen MR) is 170 cm³/mol. The van der Waals surface area contributed by atoms with Gasteiger partial charge in [0.05, 0.1) is 39.6 Å². The molecule has 3 aromatic rings. The Morgan fingerprint density at radius 1 is 1.02 bits per heavy atom. The van der Waals surface area contributed by atoms with Crippen LogP contribution in [0.2, 0.25) is 10.0 Å². The molecule has 0 unspecified atom stereocenters. The number of benzene rings is 2. The summed E-state index contributed by atoms with van der Waals surface area (Å²) in [4.78, 5) is 13.0. The third-order valence-electron chi connectivity index (χ3n) is 7.62. The van der Waals surface area contributed by atoms with Gasteiger partial charge in [0.2, 0.25) is 0 Å². The molecule has 16 heteroatoms. The fraction of sp³-hybridized carbons (Fsp3) is 0.393. The van der Waals surface area contributed by atoms with Gasteiger partial charge in [-0.3, -0.25) is 19.2 Å². The van der Waals surface area contributed by atoms with Crippen molar-refractivity contribution < 1.29 is 35.4 Å². The minimum Gasteiger partial charge on any atom is -0.344 e. The van der Waals surface area contributed by atoms with Crippen LogP contribution in [0, 0.1) is 10.1 Å². The molecule has 2 aromatic carbocycles. The van der Waals surface area contributed by atoms with Crippen molar-refractivity contribution in [2.45, 2.75) is 52.1 Å². The van der Waals surface area contributed by atoms with Crippen molar-refractivity contribution in [3.8, 4) is 0 Å². The van der Waals surface area contributed by atoms with Gasteiger partial charge in [-0.15, -0.1) is 0 Å². The van der Waals surface area contributed by atoms with Crippen molar-refractivity contribution in [1.82, 2.24) is 4.57 Å². The van der Waals surface area contributed by atoms with Crippen molar-refractivity contribution in [2.75, 3.05) is 23.0 Å². The van der Waals surface area contributed by atoms with Gasteiger partial charge in [0, 0.05) is 60.1 Å². The minimum absolute atomic E-state index is 0.0674. The summed E-state index contributed by atoms with van der Waals surface area (Å²) in [6.07, 6.45) is 5.74. The fourth-order valence-corrected chi connectivity index (χ4v) is 6.96. The van der Waals surface area contributed by atoms with Crippen LogP contribution in [0.25, 0.3) is 17.1 Å². The number of hydrogen-bond acceptors (Lipinski definition) is 7. The summed E-state index contributed by atoms with van der Waals surface area (Å²) in [6, 6.07) is 7.99. The van der Waals surface area contributed by atoms with E-state index in [4.69, 9.17) is 23.2 Å². The Kier molecular flexibility index (Phi) is 9.83. The molecule has 0 radical (unpaired) electrons. The van der Waals surface area contributed by atoms with Crippen LogP contribution < -0.4 is 9.47 Å². The maximum absolute atomic E-state index is 11.5. The highest BCUT2D eigenvalue weighted by Gasteiger charge is 2.41. The van der Waals surface area contributed by atoms with Crippen LogP contribution in [0.1, 0.15) is 45.0 Å². The number of halogens is 2. The van der Waals surface area contributed by atoms with E-state index in [-0.39, 0.29) is 31.6 Å². The third kappa shape index (κ3) is 7.27. The van der Waals surface area contributed by atoms with E-state index in [1.807, 2.05) is 47.0 Å². The highest BCUT2D eigenvalue weighted by molar-refractivity contribution is 7.86. The molecule has 4 rings (SSSR count). The van der Waals surface area contributed by atoms with Gasteiger partial charge < -0.3 is 4.90 Å². The normalized spacial score (nSPS) is 16.0. The number of non-ortho nitro benzene ring substituents is 1. The zero-order chi connectivity index (χ0) is 32.6. The first-order valence-corrected chi connectivity index (χ1v) is 17.7. The van der Waals surface area contributed by atoms with Crippen LogP contribution in [0.4, 0.5) is 11.4 Å². The molecule has 0 fully saturated rings. The van der Waals surface area contributed by atoms with Crippen LogP contribution >= 0.6 is 23.2 Å². The lowest BCUT2D eigenvalue weighted by atomic mass is 9.83. The first-order valence-electron chi connectivity index (χ1n) is 13.7. The Morgan fingerprint density at radius 3 is 2.27 bits per heavy atom. The SMILES string of the molecule is CCn1c(/C=C/C=C2/N(CCCS(=O)(=O)O)c3ccc([N+](=O)[O-])cc3C2(C)C)[n+](CCCS(=O)(=O)O)c2cc(Cl)c(Cl)cc21. The van der Waals surface area contributed by atoms with E-state index in [1.165, 1.54) is 12.1 Å². The maximum atomic E-state index is 11.5. The molecule has 238 valence electrons. The third-order valence-corrected chi connectivity index (χ3v) is 9.95. The summed E-state index contributed by atoms with van der Waals surface area (Å²) in [6.45, 7) is 6.80. The Labute approximate surface area is 265 Å². The molecule has 0 amide bonds. The highest BCUT2D eigenvalue weighted by atomic mass is 35.5.